The first-order valence-electron chi connectivity index (χ1n) is 4.25. The third-order valence-electron chi connectivity index (χ3n) is 1.57. The second-order valence-corrected chi connectivity index (χ2v) is 3.33. The minimum absolute atomic E-state index is 0.135. The van der Waals surface area contributed by atoms with Gasteiger partial charge in [-0.2, -0.15) is 25.8 Å². The molecule has 5 heteroatoms. The second-order valence-electron chi connectivity index (χ2n) is 2.97. The molecule has 0 heterocycles. The van der Waals surface area contributed by atoms with E-state index in [1.807, 2.05) is 6.92 Å². The predicted molar refractivity (Wildman–Crippen MR) is 49.1 cm³/mol. The van der Waals surface area contributed by atoms with Crippen molar-refractivity contribution in [3.63, 3.8) is 0 Å². The Morgan fingerprint density at radius 1 is 1.38 bits per heavy atom. The van der Waals surface area contributed by atoms with Crippen LogP contribution in [0.15, 0.2) is 0 Å². The molecule has 0 aromatic rings. The van der Waals surface area contributed by atoms with Gasteiger partial charge in [0.15, 0.2) is 0 Å². The maximum atomic E-state index is 11.7. The lowest BCUT2D eigenvalue weighted by Gasteiger charge is -2.14. The highest BCUT2D eigenvalue weighted by Crippen LogP contribution is 2.16. The van der Waals surface area contributed by atoms with Crippen LogP contribution in [0.3, 0.4) is 0 Å². The monoisotopic (exact) mass is 216 g/mol. The highest BCUT2D eigenvalue weighted by Gasteiger charge is 2.27. The van der Waals surface area contributed by atoms with Crippen LogP contribution in [-0.4, -0.2) is 25.1 Å². The summed E-state index contributed by atoms with van der Waals surface area (Å²) in [4.78, 5) is 0. The molecule has 1 atom stereocenters. The molecule has 0 N–H and O–H groups in total. The van der Waals surface area contributed by atoms with Crippen molar-refractivity contribution < 1.29 is 17.9 Å². The number of rotatable bonds is 6. The summed E-state index contributed by atoms with van der Waals surface area (Å²) in [7, 11) is 0. The summed E-state index contributed by atoms with van der Waals surface area (Å²) in [5, 5.41) is 0. The first kappa shape index (κ1) is 13.1. The summed E-state index contributed by atoms with van der Waals surface area (Å²) in [6.07, 6.45) is -2.41. The zero-order valence-electron chi connectivity index (χ0n) is 7.60. The van der Waals surface area contributed by atoms with E-state index in [-0.39, 0.29) is 12.5 Å². The lowest BCUT2D eigenvalue weighted by molar-refractivity contribution is -0.176. The Morgan fingerprint density at radius 2 is 2.00 bits per heavy atom. The molecule has 0 aromatic heterocycles. The smallest absolute Gasteiger partial charge is 0.372 e. The minimum Gasteiger partial charge on any atom is -0.372 e. The average molecular weight is 216 g/mol. The van der Waals surface area contributed by atoms with Crippen molar-refractivity contribution in [1.82, 2.24) is 0 Å². The lowest BCUT2D eigenvalue weighted by Crippen LogP contribution is -2.21. The van der Waals surface area contributed by atoms with Crippen LogP contribution in [0.1, 0.15) is 19.8 Å². The highest BCUT2D eigenvalue weighted by atomic mass is 32.1. The van der Waals surface area contributed by atoms with Crippen LogP contribution in [0.25, 0.3) is 0 Å². The van der Waals surface area contributed by atoms with Crippen molar-refractivity contribution in [2.75, 3.05) is 19.0 Å². The van der Waals surface area contributed by atoms with E-state index in [9.17, 15) is 13.2 Å². The average Bonchev–Trinajstić information content (AvgIpc) is 2.01. The van der Waals surface area contributed by atoms with E-state index in [0.717, 1.165) is 12.8 Å². The van der Waals surface area contributed by atoms with E-state index < -0.39 is 12.8 Å². The van der Waals surface area contributed by atoms with Crippen LogP contribution in [0.5, 0.6) is 0 Å². The maximum Gasteiger partial charge on any atom is 0.411 e. The van der Waals surface area contributed by atoms with Gasteiger partial charge in [-0.25, -0.2) is 0 Å². The van der Waals surface area contributed by atoms with Crippen LogP contribution < -0.4 is 0 Å². The minimum atomic E-state index is -4.21. The molecule has 0 spiro atoms. The van der Waals surface area contributed by atoms with Gasteiger partial charge in [0.05, 0.1) is 6.61 Å². The second kappa shape index (κ2) is 6.54. The van der Waals surface area contributed by atoms with Crippen molar-refractivity contribution in [2.45, 2.75) is 25.9 Å². The molecule has 0 saturated carbocycles. The Bertz CT molecular complexity index is 127. The van der Waals surface area contributed by atoms with E-state index in [0.29, 0.717) is 5.75 Å². The zero-order chi connectivity index (χ0) is 10.3. The first-order chi connectivity index (χ1) is 5.99. The van der Waals surface area contributed by atoms with Gasteiger partial charge in [-0.1, -0.05) is 13.3 Å². The Balaban J connectivity index is 3.49. The SMILES string of the molecule is CCCC(CS)COCC(F)(F)F. The van der Waals surface area contributed by atoms with Gasteiger partial charge < -0.3 is 4.74 Å². The quantitative estimate of drug-likeness (QED) is 0.672. The summed E-state index contributed by atoms with van der Waals surface area (Å²) in [5.74, 6) is 0.710. The molecule has 1 nitrogen and oxygen atoms in total. The van der Waals surface area contributed by atoms with Gasteiger partial charge in [0.1, 0.15) is 6.61 Å². The molecule has 0 radical (unpaired) electrons. The van der Waals surface area contributed by atoms with Gasteiger partial charge in [0.25, 0.3) is 0 Å². The molecule has 13 heavy (non-hydrogen) atoms. The molecular weight excluding hydrogens is 201 g/mol. The number of alkyl halides is 3. The third-order valence-corrected chi connectivity index (χ3v) is 2.09. The van der Waals surface area contributed by atoms with Crippen LogP contribution in [0.4, 0.5) is 13.2 Å². The molecule has 0 fully saturated rings. The van der Waals surface area contributed by atoms with Gasteiger partial charge in [-0.3, -0.25) is 0 Å². The Morgan fingerprint density at radius 3 is 2.38 bits per heavy atom. The van der Waals surface area contributed by atoms with Gasteiger partial charge >= 0.3 is 6.18 Å². The van der Waals surface area contributed by atoms with Gasteiger partial charge in [0.2, 0.25) is 0 Å². The van der Waals surface area contributed by atoms with Crippen molar-refractivity contribution in [3.05, 3.63) is 0 Å². The molecule has 0 aromatic carbocycles. The van der Waals surface area contributed by atoms with E-state index in [1.54, 1.807) is 0 Å². The fourth-order valence-electron chi connectivity index (χ4n) is 0.977. The summed E-state index contributed by atoms with van der Waals surface area (Å²) in [5.41, 5.74) is 0. The van der Waals surface area contributed by atoms with Crippen molar-refractivity contribution in [3.8, 4) is 0 Å². The van der Waals surface area contributed by atoms with Crippen molar-refractivity contribution in [2.24, 2.45) is 5.92 Å². The number of hydrogen-bond donors (Lipinski definition) is 1. The molecule has 1 unspecified atom stereocenters. The number of halogens is 3. The topological polar surface area (TPSA) is 9.23 Å². The molecule has 0 rings (SSSR count). The van der Waals surface area contributed by atoms with Gasteiger partial charge in [-0.05, 0) is 18.1 Å². The largest absolute Gasteiger partial charge is 0.411 e. The Kier molecular flexibility index (Phi) is 6.59. The Hall–Kier alpha value is 0.100. The predicted octanol–water partition coefficient (Wildman–Crippen LogP) is 2.91. The van der Waals surface area contributed by atoms with Crippen LogP contribution in [0.2, 0.25) is 0 Å². The molecular formula is C8H15F3OS. The zero-order valence-corrected chi connectivity index (χ0v) is 8.50. The summed E-state index contributed by atoms with van der Waals surface area (Å²) < 4.78 is 39.5. The molecule has 0 aliphatic heterocycles. The van der Waals surface area contributed by atoms with E-state index in [2.05, 4.69) is 17.4 Å². The molecule has 0 aliphatic rings. The van der Waals surface area contributed by atoms with E-state index in [4.69, 9.17) is 0 Å². The summed E-state index contributed by atoms with van der Waals surface area (Å²) in [6.45, 7) is 0.984. The van der Waals surface area contributed by atoms with Crippen LogP contribution in [-0.2, 0) is 4.74 Å². The molecule has 0 bridgehead atoms. The Labute approximate surface area is 82.1 Å². The fraction of sp³-hybridized carbons (Fsp3) is 1.00. The summed E-state index contributed by atoms with van der Waals surface area (Å²) >= 11 is 4.03. The fourth-order valence-corrected chi connectivity index (χ4v) is 1.26. The summed E-state index contributed by atoms with van der Waals surface area (Å²) in [6, 6.07) is 0. The molecule has 0 amide bonds. The van der Waals surface area contributed by atoms with Crippen LogP contribution in [0, 0.1) is 5.92 Å². The maximum absolute atomic E-state index is 11.7. The lowest BCUT2D eigenvalue weighted by atomic mass is 10.1. The molecule has 0 saturated heterocycles. The number of hydrogen-bond acceptors (Lipinski definition) is 2. The van der Waals surface area contributed by atoms with Crippen LogP contribution >= 0.6 is 12.6 Å². The van der Waals surface area contributed by atoms with E-state index >= 15 is 0 Å². The van der Waals surface area contributed by atoms with Crippen molar-refractivity contribution >= 4 is 12.6 Å². The highest BCUT2D eigenvalue weighted by molar-refractivity contribution is 7.80. The van der Waals surface area contributed by atoms with Gasteiger partial charge in [0, 0.05) is 0 Å². The van der Waals surface area contributed by atoms with Gasteiger partial charge in [-0.15, -0.1) is 0 Å². The van der Waals surface area contributed by atoms with E-state index in [1.165, 1.54) is 0 Å². The number of thiol groups is 1. The third kappa shape index (κ3) is 8.43. The first-order valence-corrected chi connectivity index (χ1v) is 4.88. The normalized spacial score (nSPS) is 14.5. The molecule has 0 aliphatic carbocycles. The van der Waals surface area contributed by atoms with Crippen molar-refractivity contribution in [1.29, 1.82) is 0 Å². The molecule has 80 valence electrons. The number of ether oxygens (including phenoxy) is 1. The standard InChI is InChI=1S/C8H15F3OS/c1-2-3-7(5-13)4-12-6-8(9,10)11/h7,13H,2-6H2,1H3.